The van der Waals surface area contributed by atoms with Crippen molar-refractivity contribution in [1.29, 1.82) is 0 Å². The minimum Gasteiger partial charge on any atom is -0.376 e. The maximum Gasteiger partial charge on any atom is 0.0656 e. The van der Waals surface area contributed by atoms with E-state index in [-0.39, 0.29) is 12.0 Å². The van der Waals surface area contributed by atoms with Gasteiger partial charge in [-0.05, 0) is 36.1 Å². The van der Waals surface area contributed by atoms with Gasteiger partial charge in [0.1, 0.15) is 0 Å². The van der Waals surface area contributed by atoms with Gasteiger partial charge in [0, 0.05) is 16.0 Å². The molecule has 0 amide bonds. The topological polar surface area (TPSA) is 12.0 Å². The van der Waals surface area contributed by atoms with E-state index in [9.17, 15) is 0 Å². The van der Waals surface area contributed by atoms with Crippen LogP contribution in [0.5, 0.6) is 0 Å². The third-order valence-electron chi connectivity index (χ3n) is 4.71. The molecule has 3 atom stereocenters. The predicted molar refractivity (Wildman–Crippen MR) is 102 cm³/mol. The van der Waals surface area contributed by atoms with Crippen molar-refractivity contribution < 1.29 is 0 Å². The van der Waals surface area contributed by atoms with E-state index in [0.29, 0.717) is 21.0 Å². The molecule has 1 nitrogen and oxygen atoms in total. The highest BCUT2D eigenvalue weighted by atomic mass is 79.9. The van der Waals surface area contributed by atoms with Gasteiger partial charge >= 0.3 is 0 Å². The number of rotatable bonds is 1. The lowest BCUT2D eigenvalue weighted by molar-refractivity contribution is 0.426. The minimum atomic E-state index is 0.199. The molecule has 0 unspecified atom stereocenters. The largest absolute Gasteiger partial charge is 0.376 e. The molecule has 1 aliphatic carbocycles. The average molecular weight is 430 g/mol. The summed E-state index contributed by atoms with van der Waals surface area (Å²) in [6.45, 7) is 0. The third-order valence-corrected chi connectivity index (χ3v) is 6.34. The molecular formula is C18H13BrCl3N. The van der Waals surface area contributed by atoms with Gasteiger partial charge in [0.2, 0.25) is 0 Å². The summed E-state index contributed by atoms with van der Waals surface area (Å²) in [6, 6.07) is 10.3. The Morgan fingerprint density at radius 1 is 1.04 bits per heavy atom. The monoisotopic (exact) mass is 427 g/mol. The first-order valence-electron chi connectivity index (χ1n) is 7.42. The molecule has 0 radical (unpaired) electrons. The van der Waals surface area contributed by atoms with E-state index in [2.05, 4.69) is 57.7 Å². The number of hydrogen-bond acceptors (Lipinski definition) is 1. The van der Waals surface area contributed by atoms with Crippen molar-refractivity contribution in [2.24, 2.45) is 5.92 Å². The molecule has 118 valence electrons. The quantitative estimate of drug-likeness (QED) is 0.372. The summed E-state index contributed by atoms with van der Waals surface area (Å²) in [4.78, 5) is 0. The summed E-state index contributed by atoms with van der Waals surface area (Å²) < 4.78 is 1.08. The van der Waals surface area contributed by atoms with E-state index in [4.69, 9.17) is 34.8 Å². The molecule has 5 heteroatoms. The van der Waals surface area contributed by atoms with Crippen LogP contribution >= 0.6 is 50.7 Å². The lowest BCUT2D eigenvalue weighted by Crippen LogP contribution is -2.29. The molecule has 2 aromatic carbocycles. The first kappa shape index (κ1) is 15.8. The summed E-state index contributed by atoms with van der Waals surface area (Å²) in [7, 11) is 0. The van der Waals surface area contributed by atoms with Crippen molar-refractivity contribution in [1.82, 2.24) is 0 Å². The fourth-order valence-electron chi connectivity index (χ4n) is 3.66. The van der Waals surface area contributed by atoms with Crippen LogP contribution < -0.4 is 5.32 Å². The van der Waals surface area contributed by atoms with E-state index in [1.807, 2.05) is 0 Å². The maximum atomic E-state index is 6.49. The summed E-state index contributed by atoms with van der Waals surface area (Å²) in [6.07, 6.45) is 5.47. The van der Waals surface area contributed by atoms with Gasteiger partial charge in [-0.1, -0.05) is 75.0 Å². The number of anilines is 1. The Balaban J connectivity index is 1.86. The van der Waals surface area contributed by atoms with Gasteiger partial charge in [-0.25, -0.2) is 0 Å². The summed E-state index contributed by atoms with van der Waals surface area (Å²) in [5.74, 6) is 0.652. The van der Waals surface area contributed by atoms with Crippen molar-refractivity contribution in [3.8, 4) is 0 Å². The first-order chi connectivity index (χ1) is 11.1. The van der Waals surface area contributed by atoms with Crippen LogP contribution in [-0.2, 0) is 0 Å². The van der Waals surface area contributed by atoms with Crippen molar-refractivity contribution in [2.45, 2.75) is 18.4 Å². The molecule has 1 N–H and O–H groups in total. The van der Waals surface area contributed by atoms with Gasteiger partial charge in [0.25, 0.3) is 0 Å². The van der Waals surface area contributed by atoms with Gasteiger partial charge in [0.05, 0.1) is 26.8 Å². The van der Waals surface area contributed by atoms with Crippen LogP contribution in [0.15, 0.2) is 47.0 Å². The molecule has 0 aromatic heterocycles. The second-order valence-electron chi connectivity index (χ2n) is 5.97. The van der Waals surface area contributed by atoms with Crippen molar-refractivity contribution in [3.05, 3.63) is 73.2 Å². The first-order valence-corrected chi connectivity index (χ1v) is 9.35. The predicted octanol–water partition coefficient (Wildman–Crippen LogP) is 7.24. The van der Waals surface area contributed by atoms with Crippen molar-refractivity contribution in [2.75, 3.05) is 5.32 Å². The zero-order valence-corrected chi connectivity index (χ0v) is 15.8. The van der Waals surface area contributed by atoms with Crippen molar-refractivity contribution >= 4 is 56.4 Å². The van der Waals surface area contributed by atoms with Gasteiger partial charge in [-0.15, -0.1) is 0 Å². The Kier molecular flexibility index (Phi) is 4.13. The Bertz CT molecular complexity index is 801. The maximum absolute atomic E-state index is 6.49. The lowest BCUT2D eigenvalue weighted by atomic mass is 9.77. The van der Waals surface area contributed by atoms with Gasteiger partial charge in [-0.3, -0.25) is 0 Å². The summed E-state index contributed by atoms with van der Waals surface area (Å²) in [5, 5.41) is 5.35. The fraction of sp³-hybridized carbons (Fsp3) is 0.222. The second kappa shape index (κ2) is 6.00. The molecular weight excluding hydrogens is 416 g/mol. The highest BCUT2D eigenvalue weighted by Crippen LogP contribution is 2.54. The summed E-state index contributed by atoms with van der Waals surface area (Å²) in [5.41, 5.74) is 3.18. The van der Waals surface area contributed by atoms with Crippen LogP contribution in [0.25, 0.3) is 0 Å². The van der Waals surface area contributed by atoms with E-state index in [1.54, 1.807) is 6.07 Å². The number of nitrogens with one attached hydrogen (secondary N) is 1. The zero-order chi connectivity index (χ0) is 16.1. The SMILES string of the molecule is Clc1cc(Cl)c2c(c1Cl)[C@@H]1C=CC[C@@H]1[C@H](c1ccc(Br)cc1)N2. The van der Waals surface area contributed by atoms with Crippen molar-refractivity contribution in [3.63, 3.8) is 0 Å². The molecule has 0 fully saturated rings. The standard InChI is InChI=1S/C18H13BrCl3N/c19-10-6-4-9(5-7-10)17-12-3-1-2-11(12)15-16(22)13(20)8-14(21)18(15)23-17/h1-2,4-8,11-12,17,23H,3H2/t11-,12+,17+/m1/s1. The number of halogens is 4. The van der Waals surface area contributed by atoms with Crippen LogP contribution in [0.1, 0.15) is 29.5 Å². The average Bonchev–Trinajstić information content (AvgIpc) is 3.02. The van der Waals surface area contributed by atoms with Gasteiger partial charge < -0.3 is 5.32 Å². The Labute approximate surface area is 158 Å². The molecule has 1 heterocycles. The molecule has 0 saturated carbocycles. The summed E-state index contributed by atoms with van der Waals surface area (Å²) >= 11 is 22.7. The molecule has 1 aliphatic heterocycles. The number of fused-ring (bicyclic) bond motifs is 3. The van der Waals surface area contributed by atoms with Gasteiger partial charge in [-0.2, -0.15) is 0 Å². The molecule has 23 heavy (non-hydrogen) atoms. The van der Waals surface area contributed by atoms with Crippen LogP contribution in [0.2, 0.25) is 15.1 Å². The van der Waals surface area contributed by atoms with E-state index in [0.717, 1.165) is 22.1 Å². The van der Waals surface area contributed by atoms with Crippen LogP contribution in [0, 0.1) is 5.92 Å². The zero-order valence-electron chi connectivity index (χ0n) is 12.0. The second-order valence-corrected chi connectivity index (χ2v) is 8.08. The molecule has 0 spiro atoms. The van der Waals surface area contributed by atoms with Gasteiger partial charge in [0.15, 0.2) is 0 Å². The number of benzene rings is 2. The molecule has 2 aromatic rings. The van der Waals surface area contributed by atoms with E-state index in [1.165, 1.54) is 5.56 Å². The number of hydrogen-bond donors (Lipinski definition) is 1. The minimum absolute atomic E-state index is 0.199. The molecule has 4 rings (SSSR count). The van der Waals surface area contributed by atoms with Crippen LogP contribution in [0.4, 0.5) is 5.69 Å². The Morgan fingerprint density at radius 2 is 1.78 bits per heavy atom. The fourth-order valence-corrected chi connectivity index (χ4v) is 4.73. The molecule has 0 saturated heterocycles. The normalized spacial score (nSPS) is 25.0. The van der Waals surface area contributed by atoms with E-state index >= 15 is 0 Å². The smallest absolute Gasteiger partial charge is 0.0656 e. The highest BCUT2D eigenvalue weighted by Gasteiger charge is 2.40. The highest BCUT2D eigenvalue weighted by molar-refractivity contribution is 9.10. The lowest BCUT2D eigenvalue weighted by Gasteiger charge is -2.38. The van der Waals surface area contributed by atoms with Crippen LogP contribution in [0.3, 0.4) is 0 Å². The number of allylic oxidation sites excluding steroid dienone is 2. The van der Waals surface area contributed by atoms with E-state index < -0.39 is 0 Å². The molecule has 0 bridgehead atoms. The Hall–Kier alpha value is -0.670. The van der Waals surface area contributed by atoms with Crippen LogP contribution in [-0.4, -0.2) is 0 Å². The third kappa shape index (κ3) is 2.60. The molecule has 2 aliphatic rings. The Morgan fingerprint density at radius 3 is 2.52 bits per heavy atom.